The van der Waals surface area contributed by atoms with Crippen molar-refractivity contribution in [2.45, 2.75) is 26.9 Å². The molecule has 1 aliphatic rings. The third-order valence-electron chi connectivity index (χ3n) is 5.36. The van der Waals surface area contributed by atoms with Crippen LogP contribution in [0.3, 0.4) is 0 Å². The van der Waals surface area contributed by atoms with Gasteiger partial charge in [0, 0.05) is 23.0 Å². The lowest BCUT2D eigenvalue weighted by atomic mass is 10.1. The number of anilines is 3. The number of nitrogens with zero attached hydrogens (tertiary/aromatic N) is 3. The molecule has 0 fully saturated rings. The number of hydrogen-bond acceptors (Lipinski definition) is 4. The van der Waals surface area contributed by atoms with E-state index in [1.54, 1.807) is 0 Å². The number of furan rings is 1. The van der Waals surface area contributed by atoms with Crippen molar-refractivity contribution in [2.75, 3.05) is 16.3 Å². The highest BCUT2D eigenvalue weighted by molar-refractivity contribution is 6.09. The van der Waals surface area contributed by atoms with E-state index in [0.29, 0.717) is 5.71 Å². The normalized spacial score (nSPS) is 16.7. The van der Waals surface area contributed by atoms with Gasteiger partial charge in [0.15, 0.2) is 5.58 Å². The first-order valence-electron chi connectivity index (χ1n) is 9.13. The number of aryl methyl sites for hydroxylation is 1. The van der Waals surface area contributed by atoms with Crippen LogP contribution in [-0.2, 0) is 0 Å². The van der Waals surface area contributed by atoms with Gasteiger partial charge in [-0.25, -0.2) is 4.98 Å². The molecule has 0 spiro atoms. The third kappa shape index (κ3) is 1.99. The Labute approximate surface area is 152 Å². The number of benzene rings is 2. The van der Waals surface area contributed by atoms with Crippen molar-refractivity contribution < 1.29 is 4.42 Å². The first-order chi connectivity index (χ1) is 12.7. The zero-order chi connectivity index (χ0) is 17.8. The Hall–Kier alpha value is -3.01. The summed E-state index contributed by atoms with van der Waals surface area (Å²) in [5, 5.41) is 2.18. The second-order valence-electron chi connectivity index (χ2n) is 6.84. The molecule has 5 rings (SSSR count). The van der Waals surface area contributed by atoms with Gasteiger partial charge in [-0.15, -0.1) is 0 Å². The fourth-order valence-corrected chi connectivity index (χ4v) is 4.16. The number of rotatable bonds is 2. The standard InChI is InChI=1S/C22H21N3O/c1-4-24-15(3)25(19-10-6-5-9-18(19)24)20-11-7-8-16-17-13-12-14(2)23-22(17)26-21(16)20/h5-13,15H,4H2,1-3H3/t15-/m0/s1. The van der Waals surface area contributed by atoms with Crippen molar-refractivity contribution in [3.63, 3.8) is 0 Å². The quantitative estimate of drug-likeness (QED) is 0.473. The lowest BCUT2D eigenvalue weighted by molar-refractivity contribution is 0.644. The summed E-state index contributed by atoms with van der Waals surface area (Å²) in [6.45, 7) is 7.40. The molecule has 0 saturated heterocycles. The van der Waals surface area contributed by atoms with Crippen LogP contribution in [0.5, 0.6) is 0 Å². The van der Waals surface area contributed by atoms with Crippen LogP contribution >= 0.6 is 0 Å². The van der Waals surface area contributed by atoms with Crippen molar-refractivity contribution >= 4 is 39.1 Å². The summed E-state index contributed by atoms with van der Waals surface area (Å²) in [7, 11) is 0. The molecule has 0 unspecified atom stereocenters. The van der Waals surface area contributed by atoms with E-state index in [1.165, 1.54) is 11.4 Å². The smallest absolute Gasteiger partial charge is 0.227 e. The zero-order valence-corrected chi connectivity index (χ0v) is 15.2. The van der Waals surface area contributed by atoms with Crippen LogP contribution in [0.25, 0.3) is 22.1 Å². The molecule has 0 saturated carbocycles. The van der Waals surface area contributed by atoms with E-state index >= 15 is 0 Å². The van der Waals surface area contributed by atoms with Gasteiger partial charge in [0.25, 0.3) is 0 Å². The second-order valence-corrected chi connectivity index (χ2v) is 6.84. The molecule has 4 nitrogen and oxygen atoms in total. The van der Waals surface area contributed by atoms with Crippen LogP contribution in [0.1, 0.15) is 19.5 Å². The van der Waals surface area contributed by atoms with E-state index in [-0.39, 0.29) is 6.17 Å². The predicted octanol–water partition coefficient (Wildman–Crippen LogP) is 5.61. The average molecular weight is 343 g/mol. The van der Waals surface area contributed by atoms with Gasteiger partial charge in [-0.1, -0.05) is 24.3 Å². The molecule has 3 heterocycles. The SMILES string of the molecule is CCN1c2ccccc2N(c2cccc3c2oc2nc(C)ccc23)[C@H]1C. The van der Waals surface area contributed by atoms with Crippen molar-refractivity contribution in [1.29, 1.82) is 0 Å². The highest BCUT2D eigenvalue weighted by Gasteiger charge is 2.34. The molecule has 0 radical (unpaired) electrons. The van der Waals surface area contributed by atoms with E-state index in [4.69, 9.17) is 4.42 Å². The fourth-order valence-electron chi connectivity index (χ4n) is 4.16. The molecule has 0 bridgehead atoms. The number of aromatic nitrogens is 1. The first-order valence-corrected chi connectivity index (χ1v) is 9.13. The Bertz CT molecular complexity index is 1130. The van der Waals surface area contributed by atoms with Gasteiger partial charge >= 0.3 is 0 Å². The lowest BCUT2D eigenvalue weighted by Gasteiger charge is -2.29. The Morgan fingerprint density at radius 3 is 2.50 bits per heavy atom. The maximum atomic E-state index is 6.24. The molecule has 2 aromatic heterocycles. The number of hydrogen-bond donors (Lipinski definition) is 0. The minimum Gasteiger partial charge on any atom is -0.435 e. The summed E-state index contributed by atoms with van der Waals surface area (Å²) in [6.07, 6.45) is 0.228. The van der Waals surface area contributed by atoms with E-state index < -0.39 is 0 Å². The van der Waals surface area contributed by atoms with Gasteiger partial charge in [0.2, 0.25) is 5.71 Å². The van der Waals surface area contributed by atoms with Gasteiger partial charge in [-0.3, -0.25) is 0 Å². The molecule has 0 N–H and O–H groups in total. The molecule has 1 atom stereocenters. The Morgan fingerprint density at radius 1 is 0.923 bits per heavy atom. The van der Waals surface area contributed by atoms with Crippen LogP contribution in [0.4, 0.5) is 17.1 Å². The first kappa shape index (κ1) is 15.3. The molecule has 0 aliphatic carbocycles. The Balaban J connectivity index is 1.78. The van der Waals surface area contributed by atoms with Gasteiger partial charge < -0.3 is 14.2 Å². The lowest BCUT2D eigenvalue weighted by Crippen LogP contribution is -2.38. The van der Waals surface area contributed by atoms with Crippen molar-refractivity contribution in [3.05, 3.63) is 60.3 Å². The predicted molar refractivity (Wildman–Crippen MR) is 107 cm³/mol. The fraction of sp³-hybridized carbons (Fsp3) is 0.227. The molecule has 4 aromatic rings. The third-order valence-corrected chi connectivity index (χ3v) is 5.36. The summed E-state index contributed by atoms with van der Waals surface area (Å²) < 4.78 is 6.24. The molecule has 2 aromatic carbocycles. The average Bonchev–Trinajstić information content (AvgIpc) is 3.15. The summed E-state index contributed by atoms with van der Waals surface area (Å²) in [6, 6.07) is 19.1. The summed E-state index contributed by atoms with van der Waals surface area (Å²) in [5.74, 6) is 0. The molecular weight excluding hydrogens is 322 g/mol. The minimum atomic E-state index is 0.228. The van der Waals surface area contributed by atoms with Gasteiger partial charge in [-0.05, 0) is 51.1 Å². The maximum absolute atomic E-state index is 6.24. The Morgan fingerprint density at radius 2 is 1.69 bits per heavy atom. The monoisotopic (exact) mass is 343 g/mol. The van der Waals surface area contributed by atoms with Crippen molar-refractivity contribution in [2.24, 2.45) is 0 Å². The highest BCUT2D eigenvalue weighted by Crippen LogP contribution is 2.46. The number of pyridine rings is 1. The van der Waals surface area contributed by atoms with Crippen LogP contribution < -0.4 is 9.80 Å². The van der Waals surface area contributed by atoms with Gasteiger partial charge in [0.1, 0.15) is 6.17 Å². The highest BCUT2D eigenvalue weighted by atomic mass is 16.3. The van der Waals surface area contributed by atoms with Crippen LogP contribution in [0.15, 0.2) is 59.0 Å². The zero-order valence-electron chi connectivity index (χ0n) is 15.2. The maximum Gasteiger partial charge on any atom is 0.227 e. The van der Waals surface area contributed by atoms with Crippen molar-refractivity contribution in [3.8, 4) is 0 Å². The minimum absolute atomic E-state index is 0.228. The van der Waals surface area contributed by atoms with Crippen LogP contribution in [0, 0.1) is 6.92 Å². The van der Waals surface area contributed by atoms with Gasteiger partial charge in [-0.2, -0.15) is 0 Å². The molecule has 0 amide bonds. The van der Waals surface area contributed by atoms with E-state index in [1.807, 2.05) is 13.0 Å². The molecule has 4 heteroatoms. The van der Waals surface area contributed by atoms with E-state index in [0.717, 1.165) is 34.3 Å². The van der Waals surface area contributed by atoms with Gasteiger partial charge in [0.05, 0.1) is 17.1 Å². The molecule has 130 valence electrons. The van der Waals surface area contributed by atoms with E-state index in [9.17, 15) is 0 Å². The molecular formula is C22H21N3O. The van der Waals surface area contributed by atoms with Crippen LogP contribution in [0.2, 0.25) is 0 Å². The molecule has 1 aliphatic heterocycles. The summed E-state index contributed by atoms with van der Waals surface area (Å²) in [5.41, 5.74) is 6.16. The summed E-state index contributed by atoms with van der Waals surface area (Å²) >= 11 is 0. The van der Waals surface area contributed by atoms with E-state index in [2.05, 4.69) is 77.2 Å². The summed E-state index contributed by atoms with van der Waals surface area (Å²) in [4.78, 5) is 9.37. The number of para-hydroxylation sites is 3. The molecule has 26 heavy (non-hydrogen) atoms. The second kappa shape index (κ2) is 5.49. The van der Waals surface area contributed by atoms with Crippen LogP contribution in [-0.4, -0.2) is 17.7 Å². The topological polar surface area (TPSA) is 32.5 Å². The Kier molecular flexibility index (Phi) is 3.23. The van der Waals surface area contributed by atoms with Crippen molar-refractivity contribution in [1.82, 2.24) is 4.98 Å². The largest absolute Gasteiger partial charge is 0.435 e. The number of fused-ring (bicyclic) bond motifs is 4.